The molecule has 3 N–H and O–H groups in total. The van der Waals surface area contributed by atoms with Gasteiger partial charge >= 0.3 is 0 Å². The number of rotatable bonds is 32. The zero-order valence-electron chi connectivity index (χ0n) is 33.7. The first-order chi connectivity index (χ1) is 26.4. The van der Waals surface area contributed by atoms with Gasteiger partial charge in [-0.1, -0.05) is 114 Å². The molecule has 0 amide bonds. The molecule has 302 valence electrons. The number of aliphatic hydroxyl groups excluding tert-OH is 3. The second kappa shape index (κ2) is 28.3. The molecule has 2 unspecified atom stereocenters. The van der Waals surface area contributed by atoms with E-state index in [1.165, 1.54) is 88.2 Å². The molecule has 0 saturated carbocycles. The summed E-state index contributed by atoms with van der Waals surface area (Å²) in [4.78, 5) is 2.19. The van der Waals surface area contributed by atoms with Gasteiger partial charge in [0.25, 0.3) is 0 Å². The maximum Gasteiger partial charge on any atom is 0.122 e. The van der Waals surface area contributed by atoms with Crippen molar-refractivity contribution in [2.75, 3.05) is 52.7 Å². The Morgan fingerprint density at radius 3 is 1.57 bits per heavy atom. The zero-order valence-corrected chi connectivity index (χ0v) is 33.7. The zero-order chi connectivity index (χ0) is 38.6. The lowest BCUT2D eigenvalue weighted by Crippen LogP contribution is -2.32. The monoisotopic (exact) mass is 750 g/mol. The van der Waals surface area contributed by atoms with Gasteiger partial charge in [0, 0.05) is 19.6 Å². The van der Waals surface area contributed by atoms with Crippen LogP contribution in [0.3, 0.4) is 0 Å². The van der Waals surface area contributed by atoms with Crippen molar-refractivity contribution in [2.24, 2.45) is 0 Å². The molecule has 3 rings (SSSR count). The van der Waals surface area contributed by atoms with Crippen molar-refractivity contribution in [3.63, 3.8) is 0 Å². The molecule has 0 aliphatic rings. The lowest BCUT2D eigenvalue weighted by atomic mass is 9.99. The molecule has 0 aliphatic carbocycles. The average Bonchev–Trinajstić information content (AvgIpc) is 3.16. The largest absolute Gasteiger partial charge is 0.491 e. The molecule has 2 atom stereocenters. The van der Waals surface area contributed by atoms with E-state index in [1.807, 2.05) is 68.4 Å². The van der Waals surface area contributed by atoms with E-state index in [0.717, 1.165) is 41.2 Å². The fourth-order valence-corrected chi connectivity index (χ4v) is 6.56. The van der Waals surface area contributed by atoms with Crippen molar-refractivity contribution in [3.8, 4) is 17.2 Å². The van der Waals surface area contributed by atoms with Crippen LogP contribution in [0.5, 0.6) is 17.2 Å². The van der Waals surface area contributed by atoms with Gasteiger partial charge in [0.1, 0.15) is 49.3 Å². The van der Waals surface area contributed by atoms with E-state index in [9.17, 15) is 15.3 Å². The Hall–Kier alpha value is -3.14. The molecular weight excluding hydrogens is 679 g/mol. The molecule has 8 nitrogen and oxygen atoms in total. The van der Waals surface area contributed by atoms with Gasteiger partial charge < -0.3 is 34.3 Å². The lowest BCUT2D eigenvalue weighted by Gasteiger charge is -2.24. The van der Waals surface area contributed by atoms with E-state index in [1.54, 1.807) is 0 Å². The van der Waals surface area contributed by atoms with Crippen molar-refractivity contribution >= 4 is 0 Å². The summed E-state index contributed by atoms with van der Waals surface area (Å²) in [5.74, 6) is 2.20. The predicted molar refractivity (Wildman–Crippen MR) is 220 cm³/mol. The highest BCUT2D eigenvalue weighted by atomic mass is 16.5. The second-order valence-electron chi connectivity index (χ2n) is 14.9. The molecule has 0 fully saturated rings. The molecule has 0 radical (unpaired) electrons. The normalized spacial score (nSPS) is 12.6. The van der Waals surface area contributed by atoms with Gasteiger partial charge in [-0.15, -0.1) is 0 Å². The van der Waals surface area contributed by atoms with E-state index in [4.69, 9.17) is 18.9 Å². The van der Waals surface area contributed by atoms with Crippen molar-refractivity contribution < 1.29 is 34.3 Å². The van der Waals surface area contributed by atoms with Crippen LogP contribution in [0.15, 0.2) is 66.7 Å². The van der Waals surface area contributed by atoms with Crippen LogP contribution in [-0.2, 0) is 17.7 Å². The summed E-state index contributed by atoms with van der Waals surface area (Å²) in [5, 5.41) is 30.9. The highest BCUT2D eigenvalue weighted by Crippen LogP contribution is 2.23. The summed E-state index contributed by atoms with van der Waals surface area (Å²) in [5.41, 5.74) is 4.64. The quantitative estimate of drug-likeness (QED) is 0.0544. The fourth-order valence-electron chi connectivity index (χ4n) is 6.56. The topological polar surface area (TPSA) is 101 Å². The van der Waals surface area contributed by atoms with E-state index in [2.05, 4.69) is 24.0 Å². The van der Waals surface area contributed by atoms with Crippen molar-refractivity contribution in [3.05, 3.63) is 89.0 Å². The summed E-state index contributed by atoms with van der Waals surface area (Å²) < 4.78 is 23.4. The minimum Gasteiger partial charge on any atom is -0.491 e. The van der Waals surface area contributed by atoms with Crippen LogP contribution in [0.1, 0.15) is 113 Å². The van der Waals surface area contributed by atoms with Gasteiger partial charge in [0.2, 0.25) is 0 Å². The van der Waals surface area contributed by atoms with Gasteiger partial charge in [0.15, 0.2) is 0 Å². The molecule has 0 aromatic heterocycles. The number of aryl methyl sites for hydroxylation is 3. The smallest absolute Gasteiger partial charge is 0.122 e. The Kier molecular flexibility index (Phi) is 23.7. The van der Waals surface area contributed by atoms with Crippen molar-refractivity contribution in [1.29, 1.82) is 0 Å². The molecule has 0 heterocycles. The van der Waals surface area contributed by atoms with Gasteiger partial charge in [-0.25, -0.2) is 0 Å². The van der Waals surface area contributed by atoms with Gasteiger partial charge in [-0.3, -0.25) is 4.90 Å². The van der Waals surface area contributed by atoms with Crippen LogP contribution in [0.25, 0.3) is 0 Å². The summed E-state index contributed by atoms with van der Waals surface area (Å²) in [6.07, 6.45) is 16.6. The standard InChI is InChI=1S/C46H71NO7/c1-4-5-6-7-8-9-10-11-12-13-14-15-16-21-40-32-46(54-37-43(50)36-53-45-23-18-20-39(3)31-45)25-24-41(40)33-47(26-28-48)27-29-51-34-42(49)35-52-44-22-17-19-38(2)30-44/h17-20,22-25,30-32,42-43,48-50H,4-16,21,26-29,33-37H2,1-3H3. The van der Waals surface area contributed by atoms with Crippen molar-refractivity contribution in [1.82, 2.24) is 4.90 Å². The SMILES string of the molecule is CCCCCCCCCCCCCCCc1cc(OCC(O)COc2cccc(C)c2)ccc1CN(CCO)CCOCC(O)COc1cccc(C)c1. The number of nitrogens with zero attached hydrogens (tertiary/aromatic N) is 1. The van der Waals surface area contributed by atoms with Crippen LogP contribution < -0.4 is 14.2 Å². The molecule has 3 aromatic rings. The van der Waals surface area contributed by atoms with E-state index < -0.39 is 12.2 Å². The number of aliphatic hydroxyl groups is 3. The lowest BCUT2D eigenvalue weighted by molar-refractivity contribution is 0.00400. The molecule has 0 bridgehead atoms. The maximum atomic E-state index is 10.6. The molecule has 0 aliphatic heterocycles. The fraction of sp³-hybridized carbons (Fsp3) is 0.609. The summed E-state index contributed by atoms with van der Waals surface area (Å²) in [6.45, 7) is 9.22. The Balaban J connectivity index is 1.48. The predicted octanol–water partition coefficient (Wildman–Crippen LogP) is 9.01. The second-order valence-corrected chi connectivity index (χ2v) is 14.9. The third kappa shape index (κ3) is 20.5. The average molecular weight is 750 g/mol. The first-order valence-corrected chi connectivity index (χ1v) is 20.8. The Morgan fingerprint density at radius 2 is 1.06 bits per heavy atom. The molecular formula is C46H71NO7. The molecule has 8 heteroatoms. The third-order valence-corrected chi connectivity index (χ3v) is 9.71. The highest BCUT2D eigenvalue weighted by molar-refractivity contribution is 5.36. The third-order valence-electron chi connectivity index (χ3n) is 9.71. The summed E-state index contributed by atoms with van der Waals surface area (Å²) in [7, 11) is 0. The highest BCUT2D eigenvalue weighted by Gasteiger charge is 2.14. The minimum absolute atomic E-state index is 0.0465. The number of hydrogen-bond acceptors (Lipinski definition) is 8. The van der Waals surface area contributed by atoms with Gasteiger partial charge in [0.05, 0.1) is 19.8 Å². The number of benzene rings is 3. The van der Waals surface area contributed by atoms with Crippen LogP contribution in [0.4, 0.5) is 0 Å². The van der Waals surface area contributed by atoms with Crippen molar-refractivity contribution in [2.45, 2.75) is 129 Å². The number of ether oxygens (including phenoxy) is 4. The molecule has 54 heavy (non-hydrogen) atoms. The number of hydrogen-bond donors (Lipinski definition) is 3. The van der Waals surface area contributed by atoms with Crippen LogP contribution >= 0.6 is 0 Å². The summed E-state index contributed by atoms with van der Waals surface area (Å²) >= 11 is 0. The maximum absolute atomic E-state index is 10.6. The van der Waals surface area contributed by atoms with Crippen LogP contribution in [0.2, 0.25) is 0 Å². The van der Waals surface area contributed by atoms with Gasteiger partial charge in [-0.2, -0.15) is 0 Å². The van der Waals surface area contributed by atoms with E-state index in [0.29, 0.717) is 26.2 Å². The minimum atomic E-state index is -0.762. The Bertz CT molecular complexity index is 1380. The van der Waals surface area contributed by atoms with E-state index in [-0.39, 0.29) is 33.0 Å². The molecule has 0 saturated heterocycles. The first-order valence-electron chi connectivity index (χ1n) is 20.8. The van der Waals surface area contributed by atoms with E-state index >= 15 is 0 Å². The molecule has 0 spiro atoms. The van der Waals surface area contributed by atoms with Crippen LogP contribution in [-0.4, -0.2) is 85.2 Å². The Labute approximate surface area is 326 Å². The number of unbranched alkanes of at least 4 members (excludes halogenated alkanes) is 12. The first kappa shape index (κ1) is 45.3. The summed E-state index contributed by atoms with van der Waals surface area (Å²) in [6, 6.07) is 21.8. The molecule has 3 aromatic carbocycles. The Morgan fingerprint density at radius 1 is 0.556 bits per heavy atom. The van der Waals surface area contributed by atoms with Gasteiger partial charge in [-0.05, 0) is 85.3 Å². The van der Waals surface area contributed by atoms with Crippen LogP contribution in [0, 0.1) is 13.8 Å².